The molecular weight excluding hydrogens is 204 g/mol. The first-order chi connectivity index (χ1) is 6.16. The highest BCUT2D eigenvalue weighted by atomic mass is 32.2. The average Bonchev–Trinajstić information content (AvgIpc) is 2.46. The second kappa shape index (κ2) is 3.49. The van der Waals surface area contributed by atoms with E-state index in [0.29, 0.717) is 0 Å². The molecule has 2 heterocycles. The Morgan fingerprint density at radius 1 is 1.69 bits per heavy atom. The highest BCUT2D eigenvalue weighted by Gasteiger charge is 2.17. The average molecular weight is 216 g/mol. The van der Waals surface area contributed by atoms with E-state index in [0.717, 1.165) is 23.7 Å². The molecule has 0 amide bonds. The van der Waals surface area contributed by atoms with Crippen molar-refractivity contribution in [2.24, 2.45) is 5.14 Å². The largest absolute Gasteiger partial charge is 0.302 e. The number of hydrogen-bond acceptors (Lipinski definition) is 3. The summed E-state index contributed by atoms with van der Waals surface area (Å²) in [6, 6.07) is 1.98. The van der Waals surface area contributed by atoms with Gasteiger partial charge in [-0.25, -0.2) is 9.35 Å². The smallest absolute Gasteiger partial charge is 0.132 e. The maximum atomic E-state index is 11.0. The second-order valence-corrected chi connectivity index (χ2v) is 5.73. The van der Waals surface area contributed by atoms with Crippen LogP contribution in [0.2, 0.25) is 0 Å². The number of nitrogens with zero attached hydrogens (tertiary/aromatic N) is 1. The fourth-order valence-electron chi connectivity index (χ4n) is 1.55. The van der Waals surface area contributed by atoms with E-state index in [1.807, 2.05) is 6.07 Å². The Kier molecular flexibility index (Phi) is 2.51. The lowest BCUT2D eigenvalue weighted by Gasteiger charge is -2.21. The summed E-state index contributed by atoms with van der Waals surface area (Å²) in [4.78, 5) is 3.62. The van der Waals surface area contributed by atoms with Crippen LogP contribution >= 0.6 is 11.3 Å². The molecule has 0 radical (unpaired) electrons. The van der Waals surface area contributed by atoms with Crippen molar-refractivity contribution in [1.29, 1.82) is 0 Å². The van der Waals surface area contributed by atoms with Crippen molar-refractivity contribution < 1.29 is 4.21 Å². The van der Waals surface area contributed by atoms with E-state index < -0.39 is 11.0 Å². The molecule has 1 aliphatic rings. The van der Waals surface area contributed by atoms with Crippen LogP contribution < -0.4 is 5.14 Å². The standard InChI is InChI=1S/C8H12N2OS2/c1-10-3-2-7-6(5-10)4-8(12-7)13(9)11/h4H,2-3,5,9H2,1H3. The highest BCUT2D eigenvalue weighted by molar-refractivity contribution is 7.85. The fraction of sp³-hybridized carbons (Fsp3) is 0.500. The molecule has 0 spiro atoms. The summed E-state index contributed by atoms with van der Waals surface area (Å²) in [6.07, 6.45) is 1.06. The second-order valence-electron chi connectivity index (χ2n) is 3.30. The van der Waals surface area contributed by atoms with Crippen LogP contribution in [0, 0.1) is 0 Å². The molecule has 0 aliphatic carbocycles. The zero-order chi connectivity index (χ0) is 9.42. The summed E-state index contributed by atoms with van der Waals surface area (Å²) in [5.74, 6) is 0. The minimum absolute atomic E-state index is 0.806. The molecule has 2 N–H and O–H groups in total. The van der Waals surface area contributed by atoms with Crippen molar-refractivity contribution >= 4 is 22.3 Å². The van der Waals surface area contributed by atoms with Gasteiger partial charge in [0.15, 0.2) is 0 Å². The first-order valence-electron chi connectivity index (χ1n) is 4.13. The van der Waals surface area contributed by atoms with Gasteiger partial charge in [-0.15, -0.1) is 11.3 Å². The van der Waals surface area contributed by atoms with Crippen LogP contribution in [0.25, 0.3) is 0 Å². The molecule has 0 saturated carbocycles. The van der Waals surface area contributed by atoms with Gasteiger partial charge in [0.2, 0.25) is 0 Å². The number of likely N-dealkylation sites (N-methyl/N-ethyl adjacent to an activating group) is 1. The van der Waals surface area contributed by atoms with E-state index in [-0.39, 0.29) is 0 Å². The predicted molar refractivity (Wildman–Crippen MR) is 55.0 cm³/mol. The summed E-state index contributed by atoms with van der Waals surface area (Å²) >= 11 is 1.59. The number of hydrogen-bond donors (Lipinski definition) is 1. The van der Waals surface area contributed by atoms with Gasteiger partial charge in [-0.05, 0) is 25.1 Å². The normalized spacial score (nSPS) is 19.8. The van der Waals surface area contributed by atoms with Gasteiger partial charge in [-0.1, -0.05) is 0 Å². The van der Waals surface area contributed by atoms with Crippen LogP contribution in [0.1, 0.15) is 10.4 Å². The van der Waals surface area contributed by atoms with Crippen molar-refractivity contribution in [3.05, 3.63) is 16.5 Å². The predicted octanol–water partition coefficient (Wildman–Crippen LogP) is 0.717. The molecule has 3 nitrogen and oxygen atoms in total. The van der Waals surface area contributed by atoms with Crippen LogP contribution in [-0.2, 0) is 24.0 Å². The molecule has 13 heavy (non-hydrogen) atoms. The molecule has 0 aromatic carbocycles. The molecule has 5 heteroatoms. The van der Waals surface area contributed by atoms with E-state index in [1.54, 1.807) is 11.3 Å². The Hall–Kier alpha value is -0.230. The van der Waals surface area contributed by atoms with Gasteiger partial charge in [-0.3, -0.25) is 0 Å². The van der Waals surface area contributed by atoms with Crippen LogP contribution in [0.4, 0.5) is 0 Å². The van der Waals surface area contributed by atoms with Gasteiger partial charge in [0, 0.05) is 18.0 Å². The third kappa shape index (κ3) is 1.83. The SMILES string of the molecule is CN1CCc2sc(S(N)=O)cc2C1. The number of rotatable bonds is 1. The first kappa shape index (κ1) is 9.33. The van der Waals surface area contributed by atoms with Crippen molar-refractivity contribution in [2.45, 2.75) is 17.2 Å². The van der Waals surface area contributed by atoms with Crippen molar-refractivity contribution in [3.63, 3.8) is 0 Å². The van der Waals surface area contributed by atoms with E-state index in [2.05, 4.69) is 11.9 Å². The molecule has 1 aromatic heterocycles. The topological polar surface area (TPSA) is 46.3 Å². The summed E-state index contributed by atoms with van der Waals surface area (Å²) in [7, 11) is 0.792. The Morgan fingerprint density at radius 2 is 2.46 bits per heavy atom. The van der Waals surface area contributed by atoms with Crippen molar-refractivity contribution in [3.8, 4) is 0 Å². The minimum Gasteiger partial charge on any atom is -0.302 e. The summed E-state index contributed by atoms with van der Waals surface area (Å²) < 4.78 is 11.8. The van der Waals surface area contributed by atoms with Gasteiger partial charge in [0.05, 0.1) is 0 Å². The van der Waals surface area contributed by atoms with Crippen LogP contribution in [0.5, 0.6) is 0 Å². The molecule has 1 aliphatic heterocycles. The first-order valence-corrected chi connectivity index (χ1v) is 6.16. The lowest BCUT2D eigenvalue weighted by atomic mass is 10.1. The Bertz CT molecular complexity index is 348. The van der Waals surface area contributed by atoms with Gasteiger partial charge in [0.25, 0.3) is 0 Å². The quantitative estimate of drug-likeness (QED) is 0.752. The third-order valence-corrected chi connectivity index (χ3v) is 4.52. The molecular formula is C8H12N2OS2. The Morgan fingerprint density at radius 3 is 3.15 bits per heavy atom. The highest BCUT2D eigenvalue weighted by Crippen LogP contribution is 2.28. The number of thiophene rings is 1. The van der Waals surface area contributed by atoms with E-state index in [4.69, 9.17) is 5.14 Å². The summed E-state index contributed by atoms with van der Waals surface area (Å²) in [5, 5.41) is 5.33. The lowest BCUT2D eigenvalue weighted by molar-refractivity contribution is 0.315. The molecule has 1 atom stereocenters. The molecule has 0 saturated heterocycles. The van der Waals surface area contributed by atoms with Gasteiger partial charge < -0.3 is 4.90 Å². The van der Waals surface area contributed by atoms with Gasteiger partial charge >= 0.3 is 0 Å². The van der Waals surface area contributed by atoms with Crippen LogP contribution in [-0.4, -0.2) is 22.7 Å². The maximum absolute atomic E-state index is 11.0. The van der Waals surface area contributed by atoms with Gasteiger partial charge in [-0.2, -0.15) is 0 Å². The van der Waals surface area contributed by atoms with Crippen molar-refractivity contribution in [1.82, 2.24) is 4.90 Å². The van der Waals surface area contributed by atoms with Gasteiger partial charge in [0.1, 0.15) is 15.2 Å². The van der Waals surface area contributed by atoms with E-state index in [1.165, 1.54) is 10.4 Å². The maximum Gasteiger partial charge on any atom is 0.132 e. The molecule has 0 bridgehead atoms. The molecule has 72 valence electrons. The Labute approximate surface area is 84.1 Å². The Balaban J connectivity index is 2.33. The van der Waals surface area contributed by atoms with Crippen molar-refractivity contribution in [2.75, 3.05) is 13.6 Å². The molecule has 0 fully saturated rings. The summed E-state index contributed by atoms with van der Waals surface area (Å²) in [6.45, 7) is 2.05. The summed E-state index contributed by atoms with van der Waals surface area (Å²) in [5.41, 5.74) is 1.30. The number of fused-ring (bicyclic) bond motifs is 1. The minimum atomic E-state index is -1.31. The van der Waals surface area contributed by atoms with E-state index >= 15 is 0 Å². The molecule has 2 rings (SSSR count). The van der Waals surface area contributed by atoms with E-state index in [9.17, 15) is 4.21 Å². The van der Waals surface area contributed by atoms with Crippen LogP contribution in [0.15, 0.2) is 10.3 Å². The molecule has 1 aromatic rings. The molecule has 1 unspecified atom stereocenters. The van der Waals surface area contributed by atoms with Crippen LogP contribution in [0.3, 0.4) is 0 Å². The number of nitrogens with two attached hydrogens (primary N) is 1. The fourth-order valence-corrected chi connectivity index (χ4v) is 3.33. The zero-order valence-electron chi connectivity index (χ0n) is 7.45. The zero-order valence-corrected chi connectivity index (χ0v) is 9.08. The monoisotopic (exact) mass is 216 g/mol. The third-order valence-electron chi connectivity index (χ3n) is 2.23. The lowest BCUT2D eigenvalue weighted by Crippen LogP contribution is -2.25.